The number of nitriles is 2. The lowest BCUT2D eigenvalue weighted by atomic mass is 9.90. The summed E-state index contributed by atoms with van der Waals surface area (Å²) < 4.78 is 0. The van der Waals surface area contributed by atoms with Gasteiger partial charge >= 0.3 is 0 Å². The van der Waals surface area contributed by atoms with Crippen LogP contribution in [0.3, 0.4) is 0 Å². The summed E-state index contributed by atoms with van der Waals surface area (Å²) in [5.74, 6) is -0.219. The molecule has 2 aromatic carbocycles. The van der Waals surface area contributed by atoms with Gasteiger partial charge < -0.3 is 5.73 Å². The highest BCUT2D eigenvalue weighted by atomic mass is 32.2. The van der Waals surface area contributed by atoms with Gasteiger partial charge in [0.2, 0.25) is 0 Å². The molecule has 1 saturated heterocycles. The number of hydrogen-bond donors (Lipinski definition) is 1. The molecule has 4 rings (SSSR count). The van der Waals surface area contributed by atoms with Crippen molar-refractivity contribution in [2.45, 2.75) is 5.37 Å². The van der Waals surface area contributed by atoms with Crippen LogP contribution in [0.5, 0.6) is 0 Å². The second-order valence-corrected chi connectivity index (χ2v) is 7.33. The lowest BCUT2D eigenvalue weighted by Gasteiger charge is -2.30. The molecule has 28 heavy (non-hydrogen) atoms. The molecule has 0 bridgehead atoms. The molecule has 0 saturated carbocycles. The number of thioether (sulfide) groups is 1. The first-order chi connectivity index (χ1) is 13.7. The van der Waals surface area contributed by atoms with Crippen LogP contribution in [0.15, 0.2) is 82.5 Å². The van der Waals surface area contributed by atoms with Gasteiger partial charge in [-0.15, -0.1) is 0 Å². The molecule has 1 unspecified atom stereocenters. The van der Waals surface area contributed by atoms with Crippen molar-refractivity contribution in [2.75, 3.05) is 0 Å². The number of rotatable bonds is 2. The molecular formula is C22H14N4OS. The van der Waals surface area contributed by atoms with Gasteiger partial charge in [0.25, 0.3) is 5.91 Å². The highest BCUT2D eigenvalue weighted by molar-refractivity contribution is 8.05. The zero-order chi connectivity index (χ0) is 19.7. The quantitative estimate of drug-likeness (QED) is 0.801. The Morgan fingerprint density at radius 3 is 2.25 bits per heavy atom. The Morgan fingerprint density at radius 1 is 1.00 bits per heavy atom. The van der Waals surface area contributed by atoms with Crippen LogP contribution in [-0.4, -0.2) is 16.2 Å². The van der Waals surface area contributed by atoms with Crippen LogP contribution in [-0.2, 0) is 4.79 Å². The molecule has 2 N–H and O–H groups in total. The van der Waals surface area contributed by atoms with Gasteiger partial charge in [0.05, 0.1) is 16.5 Å². The summed E-state index contributed by atoms with van der Waals surface area (Å²) in [6.07, 6.45) is 1.78. The number of carbonyl (C=O) groups excluding carboxylic acids is 1. The molecule has 1 atom stereocenters. The van der Waals surface area contributed by atoms with E-state index in [9.17, 15) is 15.3 Å². The Labute approximate surface area is 166 Å². The molecule has 2 heterocycles. The number of benzene rings is 2. The predicted octanol–water partition coefficient (Wildman–Crippen LogP) is 3.61. The van der Waals surface area contributed by atoms with Crippen molar-refractivity contribution in [3.63, 3.8) is 0 Å². The number of amides is 1. The summed E-state index contributed by atoms with van der Waals surface area (Å²) in [7, 11) is 0. The largest absolute Gasteiger partial charge is 0.384 e. The van der Waals surface area contributed by atoms with Gasteiger partial charge in [0.15, 0.2) is 0 Å². The van der Waals surface area contributed by atoms with Crippen molar-refractivity contribution in [1.82, 2.24) is 4.90 Å². The maximum Gasteiger partial charge on any atom is 0.267 e. The van der Waals surface area contributed by atoms with Gasteiger partial charge in [-0.25, -0.2) is 0 Å². The molecule has 0 aromatic heterocycles. The maximum absolute atomic E-state index is 13.0. The number of hydrogen-bond acceptors (Lipinski definition) is 5. The highest BCUT2D eigenvalue weighted by Crippen LogP contribution is 2.47. The van der Waals surface area contributed by atoms with Crippen molar-refractivity contribution in [1.29, 1.82) is 10.5 Å². The molecule has 2 aromatic rings. The van der Waals surface area contributed by atoms with Crippen molar-refractivity contribution < 1.29 is 4.79 Å². The molecule has 134 valence electrons. The summed E-state index contributed by atoms with van der Waals surface area (Å²) in [5.41, 5.74) is 8.85. The Bertz CT molecular complexity index is 1130. The van der Waals surface area contributed by atoms with Crippen molar-refractivity contribution in [2.24, 2.45) is 5.73 Å². The summed E-state index contributed by atoms with van der Waals surface area (Å²) in [4.78, 5) is 14.8. The van der Waals surface area contributed by atoms with Gasteiger partial charge in [-0.2, -0.15) is 10.5 Å². The summed E-state index contributed by atoms with van der Waals surface area (Å²) in [6, 6.07) is 23.0. The normalized spacial score (nSPS) is 20.2. The van der Waals surface area contributed by atoms with E-state index in [1.165, 1.54) is 16.7 Å². The first kappa shape index (κ1) is 17.7. The van der Waals surface area contributed by atoms with Gasteiger partial charge in [-0.05, 0) is 17.2 Å². The molecular weight excluding hydrogens is 368 g/mol. The fourth-order valence-corrected chi connectivity index (χ4v) is 4.55. The van der Waals surface area contributed by atoms with E-state index < -0.39 is 5.37 Å². The molecule has 5 nitrogen and oxygen atoms in total. The van der Waals surface area contributed by atoms with E-state index >= 15 is 0 Å². The maximum atomic E-state index is 13.0. The Kier molecular flexibility index (Phi) is 4.49. The topological polar surface area (TPSA) is 93.9 Å². The molecule has 0 spiro atoms. The van der Waals surface area contributed by atoms with E-state index in [-0.39, 0.29) is 17.3 Å². The van der Waals surface area contributed by atoms with E-state index in [0.29, 0.717) is 16.1 Å². The summed E-state index contributed by atoms with van der Waals surface area (Å²) in [6.45, 7) is 0. The van der Waals surface area contributed by atoms with Gasteiger partial charge in [0, 0.05) is 5.57 Å². The second-order valence-electron chi connectivity index (χ2n) is 6.20. The Balaban J connectivity index is 1.88. The molecule has 2 aliphatic heterocycles. The lowest BCUT2D eigenvalue weighted by molar-refractivity contribution is -0.124. The van der Waals surface area contributed by atoms with E-state index in [0.717, 1.165) is 11.1 Å². The van der Waals surface area contributed by atoms with Gasteiger partial charge in [-0.3, -0.25) is 9.69 Å². The van der Waals surface area contributed by atoms with Crippen LogP contribution in [0, 0.1) is 22.7 Å². The number of nitrogens with two attached hydrogens (primary N) is 1. The smallest absolute Gasteiger partial charge is 0.267 e. The minimum atomic E-state index is -0.584. The molecule has 1 fully saturated rings. The van der Waals surface area contributed by atoms with Crippen LogP contribution in [0.25, 0.3) is 11.6 Å². The fourth-order valence-electron chi connectivity index (χ4n) is 3.30. The number of nitrogens with zero attached hydrogens (tertiary/aromatic N) is 3. The Morgan fingerprint density at radius 2 is 1.64 bits per heavy atom. The fraction of sp³-hybridized carbons (Fsp3) is 0.0455. The average Bonchev–Trinajstić information content (AvgIpc) is 3.05. The van der Waals surface area contributed by atoms with Crippen molar-refractivity contribution >= 4 is 29.3 Å². The number of allylic oxidation sites excluding steroid dienone is 2. The minimum absolute atomic E-state index is 0.0827. The minimum Gasteiger partial charge on any atom is -0.384 e. The third-order valence-corrected chi connectivity index (χ3v) is 5.79. The average molecular weight is 382 g/mol. The lowest BCUT2D eigenvalue weighted by Crippen LogP contribution is -2.40. The van der Waals surface area contributed by atoms with E-state index in [4.69, 9.17) is 5.73 Å². The first-order valence-corrected chi connectivity index (χ1v) is 9.40. The SMILES string of the molecule is N#CC1=C(N)N2C(=O)/C(=C\c3ccccc3)SC2C(C#N)=C1c1ccccc1. The molecule has 0 radical (unpaired) electrons. The zero-order valence-corrected chi connectivity index (χ0v) is 15.5. The summed E-state index contributed by atoms with van der Waals surface area (Å²) >= 11 is 1.28. The van der Waals surface area contributed by atoms with Crippen LogP contribution >= 0.6 is 11.8 Å². The van der Waals surface area contributed by atoms with Gasteiger partial charge in [-0.1, -0.05) is 72.4 Å². The van der Waals surface area contributed by atoms with Crippen molar-refractivity contribution in [3.8, 4) is 12.1 Å². The van der Waals surface area contributed by atoms with E-state index in [1.807, 2.05) is 60.7 Å². The third-order valence-electron chi connectivity index (χ3n) is 4.58. The molecule has 6 heteroatoms. The van der Waals surface area contributed by atoms with Crippen LogP contribution < -0.4 is 5.73 Å². The Hall–Kier alpha value is -3.74. The molecule has 1 amide bonds. The predicted molar refractivity (Wildman–Crippen MR) is 108 cm³/mol. The standard InChI is InChI=1S/C22H14N4OS/c23-12-16-19(15-9-5-2-6-10-15)17(13-24)22-26(20(16)25)21(27)18(28-22)11-14-7-3-1-4-8-14/h1-11,22H,25H2/b18-11+. The number of carbonyl (C=O) groups is 1. The van der Waals surface area contributed by atoms with Crippen LogP contribution in [0.4, 0.5) is 0 Å². The van der Waals surface area contributed by atoms with Crippen LogP contribution in [0.1, 0.15) is 11.1 Å². The van der Waals surface area contributed by atoms with Gasteiger partial charge in [0.1, 0.15) is 22.8 Å². The first-order valence-electron chi connectivity index (χ1n) is 8.52. The van der Waals surface area contributed by atoms with Crippen LogP contribution in [0.2, 0.25) is 0 Å². The zero-order valence-electron chi connectivity index (χ0n) is 14.7. The molecule has 0 aliphatic carbocycles. The third kappa shape index (κ3) is 2.77. The monoisotopic (exact) mass is 382 g/mol. The highest BCUT2D eigenvalue weighted by Gasteiger charge is 2.45. The van der Waals surface area contributed by atoms with E-state index in [2.05, 4.69) is 12.1 Å². The van der Waals surface area contributed by atoms with E-state index in [1.54, 1.807) is 6.08 Å². The second kappa shape index (κ2) is 7.11. The number of fused-ring (bicyclic) bond motifs is 1. The van der Waals surface area contributed by atoms with Crippen molar-refractivity contribution in [3.05, 3.63) is 93.7 Å². The summed E-state index contributed by atoms with van der Waals surface area (Å²) in [5, 5.41) is 19.0. The molecule has 2 aliphatic rings.